The summed E-state index contributed by atoms with van der Waals surface area (Å²) in [4.78, 5) is 14.0. The molecule has 1 saturated heterocycles. The molecular weight excluding hydrogens is 212 g/mol. The van der Waals surface area contributed by atoms with E-state index < -0.39 is 0 Å². The molecule has 0 spiro atoms. The molecule has 0 saturated carbocycles. The zero-order valence-electron chi connectivity index (χ0n) is 10.4. The number of hydrogen-bond donors (Lipinski definition) is 1. The summed E-state index contributed by atoms with van der Waals surface area (Å²) in [5, 5.41) is 3.21. The minimum atomic E-state index is 0.0556. The number of piperazine rings is 1. The summed E-state index contributed by atoms with van der Waals surface area (Å²) < 4.78 is 0. The highest BCUT2D eigenvalue weighted by molar-refractivity contribution is 5.80. The summed E-state index contributed by atoms with van der Waals surface area (Å²) in [5.41, 5.74) is 2.75. The highest BCUT2D eigenvalue weighted by Gasteiger charge is 2.40. The van der Waals surface area contributed by atoms with Gasteiger partial charge in [0.05, 0.1) is 12.6 Å². The Bertz CT molecular complexity index is 467. The maximum atomic E-state index is 12.0. The summed E-state index contributed by atoms with van der Waals surface area (Å²) in [6, 6.07) is 8.74. The Morgan fingerprint density at radius 1 is 1.35 bits per heavy atom. The van der Waals surface area contributed by atoms with E-state index >= 15 is 0 Å². The molecule has 17 heavy (non-hydrogen) atoms. The van der Waals surface area contributed by atoms with E-state index in [0.29, 0.717) is 6.54 Å². The van der Waals surface area contributed by atoms with Crippen LogP contribution in [0.3, 0.4) is 0 Å². The molecule has 90 valence electrons. The molecule has 0 bridgehead atoms. The van der Waals surface area contributed by atoms with Gasteiger partial charge in [0.15, 0.2) is 0 Å². The van der Waals surface area contributed by atoms with Crippen molar-refractivity contribution >= 4 is 5.91 Å². The number of rotatable bonds is 0. The van der Waals surface area contributed by atoms with Gasteiger partial charge >= 0.3 is 0 Å². The third-order valence-electron chi connectivity index (χ3n) is 3.93. The van der Waals surface area contributed by atoms with Crippen LogP contribution in [0.25, 0.3) is 0 Å². The Balaban J connectivity index is 2.12. The van der Waals surface area contributed by atoms with Gasteiger partial charge in [-0.15, -0.1) is 0 Å². The molecule has 2 heterocycles. The van der Waals surface area contributed by atoms with Gasteiger partial charge < -0.3 is 10.2 Å². The average Bonchev–Trinajstić information content (AvgIpc) is 2.31. The maximum Gasteiger partial charge on any atom is 0.237 e. The normalized spacial score (nSPS) is 26.4. The number of nitrogens with zero attached hydrogens (tertiary/aromatic N) is 1. The molecule has 1 fully saturated rings. The Morgan fingerprint density at radius 3 is 2.94 bits per heavy atom. The lowest BCUT2D eigenvalue weighted by Crippen LogP contribution is -2.56. The van der Waals surface area contributed by atoms with E-state index in [9.17, 15) is 4.79 Å². The standard InChI is InChI=1S/C14H18N2O/c1-14(2)9-16-12(7-15-8-13(16)17)10-5-3-4-6-11(10)14/h3-6,12,15H,7-9H2,1-2H3/t12-/m1/s1. The number of hydrogen-bond acceptors (Lipinski definition) is 2. The van der Waals surface area contributed by atoms with E-state index in [1.54, 1.807) is 0 Å². The van der Waals surface area contributed by atoms with Crippen LogP contribution < -0.4 is 5.32 Å². The zero-order chi connectivity index (χ0) is 12.0. The van der Waals surface area contributed by atoms with E-state index in [1.807, 2.05) is 4.90 Å². The van der Waals surface area contributed by atoms with Crippen LogP contribution in [0, 0.1) is 0 Å². The predicted molar refractivity (Wildman–Crippen MR) is 66.8 cm³/mol. The van der Waals surface area contributed by atoms with Crippen LogP contribution in [-0.4, -0.2) is 30.4 Å². The SMILES string of the molecule is CC1(C)CN2C(=O)CNC[C@@H]2c2ccccc21. The van der Waals surface area contributed by atoms with Crippen LogP contribution >= 0.6 is 0 Å². The van der Waals surface area contributed by atoms with Gasteiger partial charge in [-0.1, -0.05) is 38.1 Å². The minimum Gasteiger partial charge on any atom is -0.332 e. The first-order valence-electron chi connectivity index (χ1n) is 6.19. The summed E-state index contributed by atoms with van der Waals surface area (Å²) in [7, 11) is 0. The molecule has 1 N–H and O–H groups in total. The second-order valence-corrected chi connectivity index (χ2v) is 5.64. The van der Waals surface area contributed by atoms with Crippen LogP contribution in [0.4, 0.5) is 0 Å². The van der Waals surface area contributed by atoms with Crippen LogP contribution in [0.5, 0.6) is 0 Å². The first kappa shape index (κ1) is 10.8. The fraction of sp³-hybridized carbons (Fsp3) is 0.500. The van der Waals surface area contributed by atoms with Crippen molar-refractivity contribution in [3.8, 4) is 0 Å². The van der Waals surface area contributed by atoms with Gasteiger partial charge in [0.2, 0.25) is 5.91 Å². The van der Waals surface area contributed by atoms with Gasteiger partial charge in [0.1, 0.15) is 0 Å². The summed E-state index contributed by atoms with van der Waals surface area (Å²) in [5.74, 6) is 0.226. The second-order valence-electron chi connectivity index (χ2n) is 5.64. The van der Waals surface area contributed by atoms with Gasteiger partial charge in [0.25, 0.3) is 0 Å². The lowest BCUT2D eigenvalue weighted by atomic mass is 9.75. The summed E-state index contributed by atoms with van der Waals surface area (Å²) in [6.07, 6.45) is 0. The lowest BCUT2D eigenvalue weighted by Gasteiger charge is -2.47. The number of benzene rings is 1. The largest absolute Gasteiger partial charge is 0.332 e. The average molecular weight is 230 g/mol. The van der Waals surface area contributed by atoms with E-state index in [1.165, 1.54) is 11.1 Å². The van der Waals surface area contributed by atoms with E-state index in [4.69, 9.17) is 0 Å². The van der Waals surface area contributed by atoms with Gasteiger partial charge in [-0.3, -0.25) is 4.79 Å². The first-order chi connectivity index (χ1) is 8.09. The van der Waals surface area contributed by atoms with Crippen LogP contribution in [-0.2, 0) is 10.2 Å². The van der Waals surface area contributed by atoms with Crippen LogP contribution in [0.1, 0.15) is 31.0 Å². The molecular formula is C14H18N2O. The molecule has 0 aromatic heterocycles. The molecule has 0 unspecified atom stereocenters. The van der Waals surface area contributed by atoms with Gasteiger partial charge in [0, 0.05) is 18.5 Å². The molecule has 3 heteroatoms. The van der Waals surface area contributed by atoms with Crippen molar-refractivity contribution in [2.75, 3.05) is 19.6 Å². The van der Waals surface area contributed by atoms with Crippen molar-refractivity contribution in [1.29, 1.82) is 0 Å². The molecule has 1 aromatic carbocycles. The highest BCUT2D eigenvalue weighted by Crippen LogP contribution is 2.39. The Labute approximate surface area is 102 Å². The second kappa shape index (κ2) is 3.57. The third kappa shape index (κ3) is 1.57. The monoisotopic (exact) mass is 230 g/mol. The molecule has 0 aliphatic carbocycles. The molecule has 1 amide bonds. The highest BCUT2D eigenvalue weighted by atomic mass is 16.2. The van der Waals surface area contributed by atoms with Crippen molar-refractivity contribution in [1.82, 2.24) is 10.2 Å². The Kier molecular flexibility index (Phi) is 2.26. The fourth-order valence-corrected chi connectivity index (χ4v) is 3.09. The fourth-order valence-electron chi connectivity index (χ4n) is 3.09. The Hall–Kier alpha value is -1.35. The van der Waals surface area contributed by atoms with Crippen molar-refractivity contribution in [2.45, 2.75) is 25.3 Å². The number of carbonyl (C=O) groups is 1. The van der Waals surface area contributed by atoms with Crippen molar-refractivity contribution in [3.05, 3.63) is 35.4 Å². The molecule has 3 nitrogen and oxygen atoms in total. The molecule has 0 radical (unpaired) electrons. The van der Waals surface area contributed by atoms with E-state index in [0.717, 1.165) is 13.1 Å². The van der Waals surface area contributed by atoms with Gasteiger partial charge in [-0.25, -0.2) is 0 Å². The molecule has 2 aliphatic rings. The maximum absolute atomic E-state index is 12.0. The lowest BCUT2D eigenvalue weighted by molar-refractivity contribution is -0.136. The summed E-state index contributed by atoms with van der Waals surface area (Å²) >= 11 is 0. The first-order valence-corrected chi connectivity index (χ1v) is 6.19. The molecule has 1 atom stereocenters. The quantitative estimate of drug-likeness (QED) is 0.731. The molecule has 1 aromatic rings. The predicted octanol–water partition coefficient (Wildman–Crippen LogP) is 1.45. The van der Waals surface area contributed by atoms with Crippen LogP contribution in [0.15, 0.2) is 24.3 Å². The smallest absolute Gasteiger partial charge is 0.237 e. The third-order valence-corrected chi connectivity index (χ3v) is 3.93. The van der Waals surface area contributed by atoms with E-state index in [2.05, 4.69) is 43.4 Å². The van der Waals surface area contributed by atoms with Crippen molar-refractivity contribution < 1.29 is 4.79 Å². The number of amides is 1. The number of nitrogens with one attached hydrogen (secondary N) is 1. The van der Waals surface area contributed by atoms with Crippen molar-refractivity contribution in [3.63, 3.8) is 0 Å². The topological polar surface area (TPSA) is 32.3 Å². The van der Waals surface area contributed by atoms with Gasteiger partial charge in [-0.2, -0.15) is 0 Å². The number of fused-ring (bicyclic) bond motifs is 3. The Morgan fingerprint density at radius 2 is 2.12 bits per heavy atom. The zero-order valence-corrected chi connectivity index (χ0v) is 10.4. The van der Waals surface area contributed by atoms with Crippen LogP contribution in [0.2, 0.25) is 0 Å². The molecule has 3 rings (SSSR count). The van der Waals surface area contributed by atoms with Gasteiger partial charge in [-0.05, 0) is 11.1 Å². The molecule has 2 aliphatic heterocycles. The summed E-state index contributed by atoms with van der Waals surface area (Å²) in [6.45, 7) is 6.62. The van der Waals surface area contributed by atoms with Crippen molar-refractivity contribution in [2.24, 2.45) is 0 Å². The minimum absolute atomic E-state index is 0.0556. The van der Waals surface area contributed by atoms with E-state index in [-0.39, 0.29) is 17.4 Å². The number of carbonyl (C=O) groups excluding carboxylic acids is 1.